The summed E-state index contributed by atoms with van der Waals surface area (Å²) >= 11 is 1.68. The van der Waals surface area contributed by atoms with E-state index >= 15 is 0 Å². The summed E-state index contributed by atoms with van der Waals surface area (Å²) in [6.07, 6.45) is 0. The summed E-state index contributed by atoms with van der Waals surface area (Å²) in [6, 6.07) is 8.36. The van der Waals surface area contributed by atoms with Crippen molar-refractivity contribution in [2.24, 2.45) is 4.99 Å². The third-order valence-electron chi connectivity index (χ3n) is 4.28. The molecule has 1 aromatic carbocycles. The fraction of sp³-hybridized carbons (Fsp3) is 0.500. The topological polar surface area (TPSA) is 53.0 Å². The van der Waals surface area contributed by atoms with Crippen LogP contribution in [0.4, 0.5) is 0 Å². The van der Waals surface area contributed by atoms with Gasteiger partial charge in [0.15, 0.2) is 5.96 Å². The van der Waals surface area contributed by atoms with Crippen molar-refractivity contribution < 1.29 is 4.74 Å². The molecule has 27 heavy (non-hydrogen) atoms. The molecule has 0 bridgehead atoms. The molecule has 6 nitrogen and oxygen atoms in total. The average molecular weight is 390 g/mol. The van der Waals surface area contributed by atoms with Crippen LogP contribution in [-0.2, 0) is 6.54 Å². The lowest BCUT2D eigenvalue weighted by molar-refractivity contribution is 0.304. The Balaban J connectivity index is 2.16. The van der Waals surface area contributed by atoms with E-state index in [1.165, 1.54) is 5.56 Å². The van der Waals surface area contributed by atoms with Gasteiger partial charge in [0.1, 0.15) is 5.75 Å². The first kappa shape index (κ1) is 21.2. The van der Waals surface area contributed by atoms with Gasteiger partial charge in [-0.1, -0.05) is 12.1 Å². The number of aryl methyl sites for hydroxylation is 1. The van der Waals surface area contributed by atoms with Crippen LogP contribution < -0.4 is 10.1 Å². The Bertz CT molecular complexity index is 743. The van der Waals surface area contributed by atoms with Crippen LogP contribution in [0.1, 0.15) is 29.2 Å². The molecule has 0 saturated carbocycles. The molecule has 0 amide bonds. The van der Waals surface area contributed by atoms with Crippen LogP contribution in [0.3, 0.4) is 0 Å². The van der Waals surface area contributed by atoms with E-state index in [-0.39, 0.29) is 6.04 Å². The second-order valence-electron chi connectivity index (χ2n) is 6.66. The summed E-state index contributed by atoms with van der Waals surface area (Å²) in [5.41, 5.74) is 2.26. The number of nitrogens with zero attached hydrogens (tertiary/aromatic N) is 4. The fourth-order valence-corrected chi connectivity index (χ4v) is 3.46. The molecule has 1 heterocycles. The summed E-state index contributed by atoms with van der Waals surface area (Å²) in [6.45, 7) is 6.33. The molecular formula is C20H31N5OS. The van der Waals surface area contributed by atoms with Crippen LogP contribution in [-0.4, -0.2) is 62.1 Å². The van der Waals surface area contributed by atoms with E-state index in [1.807, 2.05) is 26.1 Å². The predicted molar refractivity (Wildman–Crippen MR) is 114 cm³/mol. The van der Waals surface area contributed by atoms with Gasteiger partial charge >= 0.3 is 0 Å². The summed E-state index contributed by atoms with van der Waals surface area (Å²) < 4.78 is 5.37. The maximum Gasteiger partial charge on any atom is 0.194 e. The Labute approximate surface area is 166 Å². The Hall–Kier alpha value is -2.12. The Kier molecular flexibility index (Phi) is 8.06. The number of aliphatic imine (C=N–C) groups is 1. The van der Waals surface area contributed by atoms with E-state index in [0.29, 0.717) is 6.54 Å². The van der Waals surface area contributed by atoms with Gasteiger partial charge in [0.2, 0.25) is 0 Å². The lowest BCUT2D eigenvalue weighted by Gasteiger charge is -2.26. The Morgan fingerprint density at radius 2 is 2.11 bits per heavy atom. The minimum atomic E-state index is 0.170. The van der Waals surface area contributed by atoms with Crippen LogP contribution in [0.15, 0.2) is 34.6 Å². The van der Waals surface area contributed by atoms with Crippen LogP contribution in [0.5, 0.6) is 5.75 Å². The molecular weight excluding hydrogens is 358 g/mol. The van der Waals surface area contributed by atoms with Gasteiger partial charge in [-0.25, -0.2) is 4.98 Å². The first-order valence-corrected chi connectivity index (χ1v) is 10.0. The van der Waals surface area contributed by atoms with Crippen LogP contribution >= 0.6 is 11.3 Å². The maximum atomic E-state index is 5.37. The van der Waals surface area contributed by atoms with Crippen molar-refractivity contribution in [3.63, 3.8) is 0 Å². The van der Waals surface area contributed by atoms with Crippen LogP contribution in [0, 0.1) is 6.92 Å². The molecule has 0 aliphatic rings. The van der Waals surface area contributed by atoms with E-state index in [9.17, 15) is 0 Å². The summed E-state index contributed by atoms with van der Waals surface area (Å²) in [5, 5.41) is 6.58. The smallest absolute Gasteiger partial charge is 0.194 e. The molecule has 0 radical (unpaired) electrons. The zero-order valence-electron chi connectivity index (χ0n) is 17.2. The van der Waals surface area contributed by atoms with E-state index in [4.69, 9.17) is 9.73 Å². The SMILES string of the molecule is CCNC(=NCC(c1cccc(OC)c1)N(C)C)N(C)Cc1csc(C)n1. The number of aromatic nitrogens is 1. The molecule has 1 aromatic heterocycles. The second kappa shape index (κ2) is 10.3. The number of rotatable bonds is 8. The van der Waals surface area contributed by atoms with Gasteiger partial charge in [-0.05, 0) is 45.6 Å². The first-order valence-electron chi connectivity index (χ1n) is 9.15. The summed E-state index contributed by atoms with van der Waals surface area (Å²) in [5.74, 6) is 1.75. The van der Waals surface area contributed by atoms with Gasteiger partial charge in [-0.2, -0.15) is 0 Å². The van der Waals surface area contributed by atoms with Gasteiger partial charge in [0.05, 0.1) is 36.9 Å². The maximum absolute atomic E-state index is 5.37. The quantitative estimate of drug-likeness (QED) is 0.555. The number of hydrogen-bond acceptors (Lipinski definition) is 5. The van der Waals surface area contributed by atoms with E-state index < -0.39 is 0 Å². The van der Waals surface area contributed by atoms with Crippen molar-refractivity contribution in [3.05, 3.63) is 45.9 Å². The highest BCUT2D eigenvalue weighted by Gasteiger charge is 2.16. The van der Waals surface area contributed by atoms with Crippen molar-refractivity contribution in [1.82, 2.24) is 20.1 Å². The van der Waals surface area contributed by atoms with Gasteiger partial charge < -0.3 is 19.9 Å². The normalized spacial score (nSPS) is 12.9. The van der Waals surface area contributed by atoms with Crippen molar-refractivity contribution in [2.75, 3.05) is 41.3 Å². The van der Waals surface area contributed by atoms with Crippen LogP contribution in [0.25, 0.3) is 0 Å². The average Bonchev–Trinajstić information content (AvgIpc) is 3.05. The molecule has 2 aromatic rings. The highest BCUT2D eigenvalue weighted by atomic mass is 32.1. The molecule has 0 aliphatic carbocycles. The van der Waals surface area contributed by atoms with Crippen molar-refractivity contribution in [3.8, 4) is 5.75 Å². The fourth-order valence-electron chi connectivity index (χ4n) is 2.86. The lowest BCUT2D eigenvalue weighted by Crippen LogP contribution is -2.39. The number of methoxy groups -OCH3 is 1. The zero-order valence-corrected chi connectivity index (χ0v) is 18.0. The monoisotopic (exact) mass is 389 g/mol. The summed E-state index contributed by atoms with van der Waals surface area (Å²) in [7, 11) is 7.90. The number of ether oxygens (including phenoxy) is 1. The predicted octanol–water partition coefficient (Wildman–Crippen LogP) is 3.16. The Morgan fingerprint density at radius 3 is 2.70 bits per heavy atom. The highest BCUT2D eigenvalue weighted by Crippen LogP contribution is 2.23. The lowest BCUT2D eigenvalue weighted by atomic mass is 10.1. The number of thiazole rings is 1. The van der Waals surface area contributed by atoms with Crippen LogP contribution in [0.2, 0.25) is 0 Å². The molecule has 0 saturated heterocycles. The van der Waals surface area contributed by atoms with Gasteiger partial charge in [-0.15, -0.1) is 11.3 Å². The molecule has 1 atom stereocenters. The second-order valence-corrected chi connectivity index (χ2v) is 7.73. The zero-order chi connectivity index (χ0) is 19.8. The van der Waals surface area contributed by atoms with Crippen molar-refractivity contribution in [1.29, 1.82) is 0 Å². The third-order valence-corrected chi connectivity index (χ3v) is 5.10. The van der Waals surface area contributed by atoms with Gasteiger partial charge in [0.25, 0.3) is 0 Å². The molecule has 0 fully saturated rings. The van der Waals surface area contributed by atoms with E-state index in [1.54, 1.807) is 18.4 Å². The minimum absolute atomic E-state index is 0.170. The number of guanidine groups is 1. The molecule has 1 N–H and O–H groups in total. The number of nitrogens with one attached hydrogen (secondary N) is 1. The largest absolute Gasteiger partial charge is 0.497 e. The van der Waals surface area contributed by atoms with E-state index in [2.05, 4.69) is 58.6 Å². The minimum Gasteiger partial charge on any atom is -0.497 e. The first-order chi connectivity index (χ1) is 12.9. The van der Waals surface area contributed by atoms with Crippen molar-refractivity contribution >= 4 is 17.3 Å². The van der Waals surface area contributed by atoms with E-state index in [0.717, 1.165) is 35.5 Å². The molecule has 2 rings (SSSR count). The molecule has 0 aliphatic heterocycles. The summed E-state index contributed by atoms with van der Waals surface area (Å²) in [4.78, 5) is 13.8. The van der Waals surface area contributed by atoms with Gasteiger partial charge in [0, 0.05) is 19.0 Å². The highest BCUT2D eigenvalue weighted by molar-refractivity contribution is 7.09. The van der Waals surface area contributed by atoms with Gasteiger partial charge in [-0.3, -0.25) is 4.99 Å². The number of benzene rings is 1. The standard InChI is InChI=1S/C20H31N5OS/c1-7-21-20(25(5)13-17-14-27-15(2)23-17)22-12-19(24(3)4)16-9-8-10-18(11-16)26-6/h8-11,14,19H,7,12-13H2,1-6H3,(H,21,22). The van der Waals surface area contributed by atoms with Crippen molar-refractivity contribution in [2.45, 2.75) is 26.4 Å². The molecule has 148 valence electrons. The third kappa shape index (κ3) is 6.22. The molecule has 0 spiro atoms. The Morgan fingerprint density at radius 1 is 1.33 bits per heavy atom. The molecule has 1 unspecified atom stereocenters. The number of likely N-dealkylation sites (N-methyl/N-ethyl adjacent to an activating group) is 1. The number of hydrogen-bond donors (Lipinski definition) is 1. The molecule has 7 heteroatoms.